The van der Waals surface area contributed by atoms with Crippen molar-refractivity contribution >= 4 is 56.4 Å². The molecule has 0 bridgehead atoms. The molecule has 6 heteroatoms. The molecule has 2 aromatic heterocycles. The highest BCUT2D eigenvalue weighted by atomic mass is 35.5. The minimum absolute atomic E-state index is 0.456. The first-order chi connectivity index (χ1) is 8.72. The van der Waals surface area contributed by atoms with Crippen LogP contribution in [0.3, 0.4) is 0 Å². The van der Waals surface area contributed by atoms with Crippen molar-refractivity contribution in [1.82, 2.24) is 9.97 Å². The quantitative estimate of drug-likeness (QED) is 0.694. The molecule has 0 atom stereocenters. The summed E-state index contributed by atoms with van der Waals surface area (Å²) in [5.74, 6) is 0.484. The number of aromatic nitrogens is 2. The first-order valence-electron chi connectivity index (χ1n) is 5.16. The van der Waals surface area contributed by atoms with E-state index >= 15 is 0 Å². The normalized spacial score (nSPS) is 10.8. The van der Waals surface area contributed by atoms with Gasteiger partial charge in [-0.25, -0.2) is 9.97 Å². The summed E-state index contributed by atoms with van der Waals surface area (Å²) in [5, 5.41) is 7.06. The van der Waals surface area contributed by atoms with Crippen LogP contribution >= 0.6 is 34.5 Å². The fourth-order valence-electron chi connectivity index (χ4n) is 1.54. The Balaban J connectivity index is 1.97. The molecule has 3 aromatic rings. The lowest BCUT2D eigenvalue weighted by Crippen LogP contribution is -1.96. The molecule has 0 aliphatic rings. The number of thiophene rings is 1. The number of nitrogens with one attached hydrogen (secondary N) is 1. The zero-order chi connectivity index (χ0) is 12.5. The van der Waals surface area contributed by atoms with Gasteiger partial charge in [-0.2, -0.15) is 0 Å². The van der Waals surface area contributed by atoms with Crippen LogP contribution in [0, 0.1) is 0 Å². The minimum Gasteiger partial charge on any atom is -0.324 e. The Bertz CT molecular complexity index is 694. The van der Waals surface area contributed by atoms with E-state index in [0.29, 0.717) is 16.1 Å². The zero-order valence-electron chi connectivity index (χ0n) is 9.02. The maximum Gasteiger partial charge on any atom is 0.230 e. The molecule has 1 aromatic carbocycles. The molecule has 1 N–H and O–H groups in total. The average molecular weight is 296 g/mol. The molecule has 0 spiro atoms. The minimum atomic E-state index is 0.456. The van der Waals surface area contributed by atoms with Crippen molar-refractivity contribution < 1.29 is 0 Å². The number of hydrogen-bond acceptors (Lipinski definition) is 4. The Labute approximate surface area is 117 Å². The van der Waals surface area contributed by atoms with E-state index in [1.54, 1.807) is 12.1 Å². The van der Waals surface area contributed by atoms with Gasteiger partial charge in [0.25, 0.3) is 0 Å². The molecule has 2 heterocycles. The summed E-state index contributed by atoms with van der Waals surface area (Å²) in [6, 6.07) is 9.23. The van der Waals surface area contributed by atoms with E-state index in [2.05, 4.69) is 15.3 Å². The van der Waals surface area contributed by atoms with Crippen LogP contribution in [0.15, 0.2) is 35.7 Å². The summed E-state index contributed by atoms with van der Waals surface area (Å²) in [7, 11) is 0. The topological polar surface area (TPSA) is 37.8 Å². The molecule has 0 aliphatic carbocycles. The Morgan fingerprint density at radius 2 is 1.78 bits per heavy atom. The van der Waals surface area contributed by atoms with E-state index in [1.807, 2.05) is 23.6 Å². The van der Waals surface area contributed by atoms with Crippen LogP contribution in [-0.4, -0.2) is 9.97 Å². The fourth-order valence-corrected chi connectivity index (χ4v) is 2.72. The Morgan fingerprint density at radius 3 is 2.56 bits per heavy atom. The summed E-state index contributed by atoms with van der Waals surface area (Å²) in [6.07, 6.45) is 0. The van der Waals surface area contributed by atoms with Crippen LogP contribution < -0.4 is 5.32 Å². The number of anilines is 2. The maximum atomic E-state index is 6.09. The molecule has 18 heavy (non-hydrogen) atoms. The number of hydrogen-bond donors (Lipinski definition) is 1. The Kier molecular flexibility index (Phi) is 3.07. The van der Waals surface area contributed by atoms with Crippen molar-refractivity contribution in [2.24, 2.45) is 0 Å². The second-order valence-electron chi connectivity index (χ2n) is 3.61. The van der Waals surface area contributed by atoms with Gasteiger partial charge in [0.1, 0.15) is 9.98 Å². The van der Waals surface area contributed by atoms with Gasteiger partial charge >= 0.3 is 0 Å². The van der Waals surface area contributed by atoms with Crippen molar-refractivity contribution in [3.63, 3.8) is 0 Å². The third kappa shape index (κ3) is 2.27. The molecule has 3 nitrogen and oxygen atoms in total. The third-order valence-electron chi connectivity index (χ3n) is 2.38. The van der Waals surface area contributed by atoms with E-state index in [9.17, 15) is 0 Å². The highest BCUT2D eigenvalue weighted by Crippen LogP contribution is 2.27. The van der Waals surface area contributed by atoms with Crippen molar-refractivity contribution in [3.05, 3.63) is 45.9 Å². The van der Waals surface area contributed by atoms with E-state index in [-0.39, 0.29) is 0 Å². The Hall–Kier alpha value is -1.36. The number of benzene rings is 1. The van der Waals surface area contributed by atoms with Gasteiger partial charge in [-0.15, -0.1) is 11.3 Å². The van der Waals surface area contributed by atoms with Crippen molar-refractivity contribution in [2.75, 3.05) is 5.32 Å². The van der Waals surface area contributed by atoms with Crippen molar-refractivity contribution in [1.29, 1.82) is 0 Å². The molecule has 0 unspecified atom stereocenters. The van der Waals surface area contributed by atoms with E-state index in [4.69, 9.17) is 23.2 Å². The van der Waals surface area contributed by atoms with Crippen LogP contribution in [0.4, 0.5) is 11.6 Å². The van der Waals surface area contributed by atoms with E-state index in [1.165, 1.54) is 11.3 Å². The van der Waals surface area contributed by atoms with Gasteiger partial charge in [0.2, 0.25) is 5.95 Å². The highest BCUT2D eigenvalue weighted by molar-refractivity contribution is 7.16. The number of nitrogens with zero attached hydrogens (tertiary/aromatic N) is 2. The lowest BCUT2D eigenvalue weighted by Gasteiger charge is -2.05. The Morgan fingerprint density at radius 1 is 1.00 bits per heavy atom. The highest BCUT2D eigenvalue weighted by Gasteiger charge is 2.07. The second-order valence-corrected chi connectivity index (χ2v) is 5.30. The van der Waals surface area contributed by atoms with E-state index < -0.39 is 0 Å². The number of fused-ring (bicyclic) bond motifs is 1. The molecular weight excluding hydrogens is 289 g/mol. The van der Waals surface area contributed by atoms with Crippen LogP contribution in [0.25, 0.3) is 10.2 Å². The average Bonchev–Trinajstić information content (AvgIpc) is 2.81. The molecule has 90 valence electrons. The second kappa shape index (κ2) is 4.72. The smallest absolute Gasteiger partial charge is 0.230 e. The molecule has 0 saturated heterocycles. The van der Waals surface area contributed by atoms with Crippen LogP contribution in [0.1, 0.15) is 0 Å². The van der Waals surface area contributed by atoms with Gasteiger partial charge in [0, 0.05) is 16.1 Å². The maximum absolute atomic E-state index is 6.09. The standard InChI is InChI=1S/C12H7Cl2N3S/c13-7-1-3-8(4-2-7)15-12-16-10(14)9-5-6-18-11(9)17-12/h1-6H,(H,15,16,17). The molecular formula is C12H7Cl2N3S. The summed E-state index contributed by atoms with van der Waals surface area (Å²) < 4.78 is 0. The lowest BCUT2D eigenvalue weighted by atomic mass is 10.3. The molecule has 3 rings (SSSR count). The summed E-state index contributed by atoms with van der Waals surface area (Å²) in [5.41, 5.74) is 0.867. The number of halogens is 2. The molecule has 0 radical (unpaired) electrons. The molecule has 0 fully saturated rings. The van der Waals surface area contributed by atoms with Gasteiger partial charge in [0.15, 0.2) is 0 Å². The predicted molar refractivity (Wildman–Crippen MR) is 77.2 cm³/mol. The van der Waals surface area contributed by atoms with Crippen molar-refractivity contribution in [2.45, 2.75) is 0 Å². The first kappa shape index (κ1) is 11.7. The monoisotopic (exact) mass is 295 g/mol. The van der Waals surface area contributed by atoms with Gasteiger partial charge in [-0.3, -0.25) is 0 Å². The van der Waals surface area contributed by atoms with Crippen LogP contribution in [0.2, 0.25) is 10.2 Å². The largest absolute Gasteiger partial charge is 0.324 e. The fraction of sp³-hybridized carbons (Fsp3) is 0. The third-order valence-corrected chi connectivity index (χ3v) is 3.73. The zero-order valence-corrected chi connectivity index (χ0v) is 11.4. The summed E-state index contributed by atoms with van der Waals surface area (Å²) >= 11 is 13.4. The van der Waals surface area contributed by atoms with Crippen LogP contribution in [-0.2, 0) is 0 Å². The SMILES string of the molecule is Clc1ccc(Nc2nc(Cl)c3ccsc3n2)cc1. The number of rotatable bonds is 2. The van der Waals surface area contributed by atoms with Crippen LogP contribution in [0.5, 0.6) is 0 Å². The van der Waals surface area contributed by atoms with Gasteiger partial charge in [-0.1, -0.05) is 23.2 Å². The van der Waals surface area contributed by atoms with Crippen molar-refractivity contribution in [3.8, 4) is 0 Å². The predicted octanol–water partition coefficient (Wildman–Crippen LogP) is 4.74. The molecule has 0 saturated carbocycles. The lowest BCUT2D eigenvalue weighted by molar-refractivity contribution is 1.22. The van der Waals surface area contributed by atoms with Gasteiger partial charge < -0.3 is 5.32 Å². The first-order valence-corrected chi connectivity index (χ1v) is 6.79. The van der Waals surface area contributed by atoms with E-state index in [0.717, 1.165) is 15.9 Å². The summed E-state index contributed by atoms with van der Waals surface area (Å²) in [4.78, 5) is 9.47. The van der Waals surface area contributed by atoms with Gasteiger partial charge in [0.05, 0.1) is 0 Å². The summed E-state index contributed by atoms with van der Waals surface area (Å²) in [6.45, 7) is 0. The molecule has 0 aliphatic heterocycles. The molecule has 0 amide bonds. The van der Waals surface area contributed by atoms with Gasteiger partial charge in [-0.05, 0) is 35.7 Å².